The largest absolute Gasteiger partial charge is 0.467 e. The van der Waals surface area contributed by atoms with Gasteiger partial charge in [0, 0.05) is 0 Å². The van der Waals surface area contributed by atoms with Gasteiger partial charge in [-0.3, -0.25) is 0 Å². The standard InChI is InChI=1S/C9H8N6O2.C2H6/c1-16-9-12-7(10)15-8(13-9)11-6(14-15)5-3-2-4-17-5;1-2/h2-4H,1H3,(H2,10,11,12,13,14);1-2H3. The second-order valence-electron chi connectivity index (χ2n) is 3.19. The van der Waals surface area contributed by atoms with Gasteiger partial charge in [0.1, 0.15) is 0 Å². The van der Waals surface area contributed by atoms with Gasteiger partial charge in [0.15, 0.2) is 5.76 Å². The van der Waals surface area contributed by atoms with E-state index in [0.717, 1.165) is 0 Å². The van der Waals surface area contributed by atoms with Gasteiger partial charge in [0.05, 0.1) is 13.4 Å². The minimum Gasteiger partial charge on any atom is -0.467 e. The van der Waals surface area contributed by atoms with E-state index >= 15 is 0 Å². The molecule has 0 atom stereocenters. The van der Waals surface area contributed by atoms with E-state index in [-0.39, 0.29) is 12.0 Å². The SMILES string of the molecule is CC.COc1nc(N)n2nc(-c3ccco3)nc2n1. The Morgan fingerprint density at radius 1 is 1.26 bits per heavy atom. The van der Waals surface area contributed by atoms with Gasteiger partial charge >= 0.3 is 6.01 Å². The Balaban J connectivity index is 0.000000637. The van der Waals surface area contributed by atoms with Crippen LogP contribution in [0, 0.1) is 0 Å². The van der Waals surface area contributed by atoms with Crippen molar-refractivity contribution in [3.05, 3.63) is 18.4 Å². The van der Waals surface area contributed by atoms with E-state index in [2.05, 4.69) is 20.1 Å². The molecule has 0 aromatic carbocycles. The molecule has 2 N–H and O–H groups in total. The third-order valence-corrected chi connectivity index (χ3v) is 2.14. The molecule has 0 saturated carbocycles. The Morgan fingerprint density at radius 3 is 2.68 bits per heavy atom. The summed E-state index contributed by atoms with van der Waals surface area (Å²) in [6, 6.07) is 3.64. The first-order valence-electron chi connectivity index (χ1n) is 5.76. The van der Waals surface area contributed by atoms with Crippen molar-refractivity contribution in [1.29, 1.82) is 0 Å². The fourth-order valence-corrected chi connectivity index (χ4v) is 1.39. The summed E-state index contributed by atoms with van der Waals surface area (Å²) in [5, 5.41) is 4.14. The predicted octanol–water partition coefficient (Wildman–Crippen LogP) is 1.40. The Kier molecular flexibility index (Phi) is 3.60. The smallest absolute Gasteiger partial charge is 0.322 e. The molecule has 0 bridgehead atoms. The fourth-order valence-electron chi connectivity index (χ4n) is 1.39. The molecule has 0 spiro atoms. The molecule has 3 aromatic heterocycles. The second kappa shape index (κ2) is 5.34. The fraction of sp³-hybridized carbons (Fsp3) is 0.273. The zero-order chi connectivity index (χ0) is 13.8. The molecule has 0 unspecified atom stereocenters. The van der Waals surface area contributed by atoms with E-state index in [0.29, 0.717) is 17.4 Å². The number of anilines is 1. The number of hydrogen-bond donors (Lipinski definition) is 1. The Morgan fingerprint density at radius 2 is 2.05 bits per heavy atom. The van der Waals surface area contributed by atoms with E-state index in [4.69, 9.17) is 14.9 Å². The van der Waals surface area contributed by atoms with E-state index < -0.39 is 0 Å². The van der Waals surface area contributed by atoms with E-state index in [9.17, 15) is 0 Å². The van der Waals surface area contributed by atoms with Crippen LogP contribution in [0.5, 0.6) is 6.01 Å². The molecule has 0 fully saturated rings. The van der Waals surface area contributed by atoms with Crippen molar-refractivity contribution in [2.24, 2.45) is 0 Å². The van der Waals surface area contributed by atoms with Crippen LogP contribution in [0.4, 0.5) is 5.95 Å². The van der Waals surface area contributed by atoms with Crippen LogP contribution in [0.3, 0.4) is 0 Å². The molecule has 0 amide bonds. The summed E-state index contributed by atoms with van der Waals surface area (Å²) in [5.41, 5.74) is 5.70. The second-order valence-corrected chi connectivity index (χ2v) is 3.19. The zero-order valence-electron chi connectivity index (χ0n) is 10.9. The normalized spacial score (nSPS) is 10.1. The molecular formula is C11H14N6O2. The molecule has 0 saturated heterocycles. The lowest BCUT2D eigenvalue weighted by molar-refractivity contribution is 0.380. The summed E-state index contributed by atoms with van der Waals surface area (Å²) in [6.07, 6.45) is 1.54. The van der Waals surface area contributed by atoms with E-state index in [1.54, 1.807) is 12.1 Å². The lowest BCUT2D eigenvalue weighted by Gasteiger charge is -1.98. The zero-order valence-corrected chi connectivity index (χ0v) is 10.9. The summed E-state index contributed by atoms with van der Waals surface area (Å²) in [4.78, 5) is 12.1. The highest BCUT2D eigenvalue weighted by molar-refractivity contribution is 5.51. The van der Waals surface area contributed by atoms with Crippen LogP contribution in [-0.2, 0) is 0 Å². The molecule has 8 heteroatoms. The Hall–Kier alpha value is -2.64. The molecule has 0 radical (unpaired) electrons. The maximum Gasteiger partial charge on any atom is 0.322 e. The summed E-state index contributed by atoms with van der Waals surface area (Å²) >= 11 is 0. The van der Waals surface area contributed by atoms with Gasteiger partial charge in [-0.1, -0.05) is 13.8 Å². The maximum atomic E-state index is 5.70. The number of methoxy groups -OCH3 is 1. The molecule has 0 aliphatic carbocycles. The van der Waals surface area contributed by atoms with Crippen LogP contribution >= 0.6 is 0 Å². The minimum absolute atomic E-state index is 0.147. The van der Waals surface area contributed by atoms with Gasteiger partial charge in [0.2, 0.25) is 11.8 Å². The van der Waals surface area contributed by atoms with Gasteiger partial charge in [-0.15, -0.1) is 5.10 Å². The van der Waals surface area contributed by atoms with Gasteiger partial charge in [-0.25, -0.2) is 0 Å². The highest BCUT2D eigenvalue weighted by atomic mass is 16.5. The third-order valence-electron chi connectivity index (χ3n) is 2.14. The number of hydrogen-bond acceptors (Lipinski definition) is 7. The van der Waals surface area contributed by atoms with Crippen LogP contribution in [0.1, 0.15) is 13.8 Å². The minimum atomic E-state index is 0.147. The first-order chi connectivity index (χ1) is 9.28. The van der Waals surface area contributed by atoms with E-state index in [1.165, 1.54) is 17.9 Å². The van der Waals surface area contributed by atoms with Crippen molar-refractivity contribution < 1.29 is 9.15 Å². The van der Waals surface area contributed by atoms with Crippen molar-refractivity contribution in [3.63, 3.8) is 0 Å². The first kappa shape index (κ1) is 12.8. The summed E-state index contributed by atoms with van der Waals surface area (Å²) in [6.45, 7) is 4.00. The average Bonchev–Trinajstić information content (AvgIpc) is 3.09. The van der Waals surface area contributed by atoms with Gasteiger partial charge in [-0.05, 0) is 12.1 Å². The molecule has 3 heterocycles. The Bertz CT molecular complexity index is 661. The van der Waals surface area contributed by atoms with E-state index in [1.807, 2.05) is 13.8 Å². The number of furan rings is 1. The number of fused-ring (bicyclic) bond motifs is 1. The number of rotatable bonds is 2. The summed E-state index contributed by atoms with van der Waals surface area (Å²) < 4.78 is 11.4. The van der Waals surface area contributed by atoms with Crippen molar-refractivity contribution in [3.8, 4) is 17.6 Å². The average molecular weight is 262 g/mol. The van der Waals surface area contributed by atoms with Crippen molar-refractivity contribution in [2.45, 2.75) is 13.8 Å². The molecule has 0 aliphatic heterocycles. The van der Waals surface area contributed by atoms with Crippen LogP contribution in [0.2, 0.25) is 0 Å². The monoisotopic (exact) mass is 262 g/mol. The van der Waals surface area contributed by atoms with Crippen LogP contribution in [0.15, 0.2) is 22.8 Å². The molecule has 3 rings (SSSR count). The number of aromatic nitrogens is 5. The number of nitrogens with two attached hydrogens (primary N) is 1. The number of nitrogen functional groups attached to an aromatic ring is 1. The highest BCUT2D eigenvalue weighted by Crippen LogP contribution is 2.17. The van der Waals surface area contributed by atoms with Crippen molar-refractivity contribution in [2.75, 3.05) is 12.8 Å². The summed E-state index contributed by atoms with van der Waals surface area (Å²) in [7, 11) is 1.45. The molecule has 3 aromatic rings. The lowest BCUT2D eigenvalue weighted by atomic mass is 10.4. The van der Waals surface area contributed by atoms with Crippen LogP contribution in [-0.4, -0.2) is 31.7 Å². The maximum absolute atomic E-state index is 5.70. The quantitative estimate of drug-likeness (QED) is 0.744. The molecule has 8 nitrogen and oxygen atoms in total. The predicted molar refractivity (Wildman–Crippen MR) is 68.6 cm³/mol. The van der Waals surface area contributed by atoms with Crippen molar-refractivity contribution >= 4 is 11.7 Å². The van der Waals surface area contributed by atoms with Gasteiger partial charge in [-0.2, -0.15) is 19.5 Å². The topological polar surface area (TPSA) is 104 Å². The molecule has 0 aliphatic rings. The Labute approximate surface area is 109 Å². The number of nitrogens with zero attached hydrogens (tertiary/aromatic N) is 5. The molecular weight excluding hydrogens is 248 g/mol. The van der Waals surface area contributed by atoms with Crippen LogP contribution in [0.25, 0.3) is 17.4 Å². The van der Waals surface area contributed by atoms with Crippen molar-refractivity contribution in [1.82, 2.24) is 24.6 Å². The van der Waals surface area contributed by atoms with Gasteiger partial charge in [0.25, 0.3) is 5.78 Å². The molecule has 19 heavy (non-hydrogen) atoms. The molecule has 100 valence electrons. The first-order valence-corrected chi connectivity index (χ1v) is 5.76. The number of ether oxygens (including phenoxy) is 1. The van der Waals surface area contributed by atoms with Crippen LogP contribution < -0.4 is 10.5 Å². The van der Waals surface area contributed by atoms with Gasteiger partial charge < -0.3 is 14.9 Å². The summed E-state index contributed by atoms with van der Waals surface area (Å²) in [5.74, 6) is 1.39. The lowest BCUT2D eigenvalue weighted by Crippen LogP contribution is -2.05. The highest BCUT2D eigenvalue weighted by Gasteiger charge is 2.13. The third kappa shape index (κ3) is 2.32.